The number of carbonyl (C=O) groups is 1. The smallest absolute Gasteiger partial charge is 0.303 e. The number of rotatable bonds is 5. The molecule has 19 heavy (non-hydrogen) atoms. The van der Waals surface area contributed by atoms with Crippen LogP contribution in [-0.2, 0) is 4.79 Å². The maximum absolute atomic E-state index is 10.4. The third-order valence-corrected chi connectivity index (χ3v) is 3.30. The van der Waals surface area contributed by atoms with Gasteiger partial charge in [0, 0.05) is 19.5 Å². The number of benzene rings is 1. The molecule has 0 saturated heterocycles. The van der Waals surface area contributed by atoms with Crippen LogP contribution in [0.3, 0.4) is 0 Å². The van der Waals surface area contributed by atoms with E-state index < -0.39 is 5.97 Å². The van der Waals surface area contributed by atoms with Gasteiger partial charge in [-0.15, -0.1) is 12.4 Å². The number of carboxylic acids is 1. The zero-order valence-electron chi connectivity index (χ0n) is 10.9. The molecule has 1 N–H and O–H groups in total. The van der Waals surface area contributed by atoms with E-state index in [-0.39, 0.29) is 18.8 Å². The number of nitrogens with zero attached hydrogens (tertiary/aromatic N) is 1. The van der Waals surface area contributed by atoms with E-state index in [4.69, 9.17) is 5.11 Å². The van der Waals surface area contributed by atoms with Crippen LogP contribution < -0.4 is 0 Å². The van der Waals surface area contributed by atoms with Crippen molar-refractivity contribution in [2.45, 2.75) is 19.3 Å². The fourth-order valence-corrected chi connectivity index (χ4v) is 2.28. The molecule has 0 aliphatic carbocycles. The molecule has 0 fully saturated rings. The molecule has 1 aliphatic heterocycles. The van der Waals surface area contributed by atoms with Crippen molar-refractivity contribution in [3.63, 3.8) is 0 Å². The van der Waals surface area contributed by atoms with Crippen LogP contribution in [0.1, 0.15) is 24.8 Å². The fourth-order valence-electron chi connectivity index (χ4n) is 2.28. The van der Waals surface area contributed by atoms with Crippen LogP contribution in [0.15, 0.2) is 36.4 Å². The highest BCUT2D eigenvalue weighted by atomic mass is 35.5. The Hall–Kier alpha value is -1.32. The molecular weight excluding hydrogens is 262 g/mol. The van der Waals surface area contributed by atoms with Gasteiger partial charge in [0.15, 0.2) is 0 Å². The van der Waals surface area contributed by atoms with Crippen molar-refractivity contribution < 1.29 is 9.90 Å². The first-order valence-corrected chi connectivity index (χ1v) is 6.44. The summed E-state index contributed by atoms with van der Waals surface area (Å²) in [7, 11) is 0. The summed E-state index contributed by atoms with van der Waals surface area (Å²) in [5, 5.41) is 8.60. The SMILES string of the molecule is Cl.O=C(O)CCCN1CC=C(c2ccccc2)CC1. The highest BCUT2D eigenvalue weighted by Gasteiger charge is 2.12. The third-order valence-electron chi connectivity index (χ3n) is 3.30. The van der Waals surface area contributed by atoms with Crippen molar-refractivity contribution in [2.75, 3.05) is 19.6 Å². The van der Waals surface area contributed by atoms with Gasteiger partial charge in [-0.3, -0.25) is 9.69 Å². The molecule has 0 saturated carbocycles. The number of carboxylic acid groups (broad SMARTS) is 1. The van der Waals surface area contributed by atoms with Crippen molar-refractivity contribution >= 4 is 23.9 Å². The Morgan fingerprint density at radius 2 is 2.00 bits per heavy atom. The average Bonchev–Trinajstić information content (AvgIpc) is 2.40. The third kappa shape index (κ3) is 5.05. The average molecular weight is 282 g/mol. The second kappa shape index (κ2) is 7.97. The molecule has 0 unspecified atom stereocenters. The molecule has 0 atom stereocenters. The lowest BCUT2D eigenvalue weighted by atomic mass is 9.99. The quantitative estimate of drug-likeness (QED) is 0.902. The van der Waals surface area contributed by atoms with Gasteiger partial charge in [-0.1, -0.05) is 36.4 Å². The lowest BCUT2D eigenvalue weighted by Crippen LogP contribution is -2.29. The molecule has 0 aromatic heterocycles. The van der Waals surface area contributed by atoms with Crippen LogP contribution in [0.5, 0.6) is 0 Å². The second-order valence-corrected chi connectivity index (χ2v) is 4.64. The zero-order chi connectivity index (χ0) is 12.8. The van der Waals surface area contributed by atoms with Gasteiger partial charge in [0.2, 0.25) is 0 Å². The van der Waals surface area contributed by atoms with Crippen molar-refractivity contribution in [3.05, 3.63) is 42.0 Å². The van der Waals surface area contributed by atoms with Crippen LogP contribution in [-0.4, -0.2) is 35.6 Å². The van der Waals surface area contributed by atoms with Crippen molar-refractivity contribution in [1.82, 2.24) is 4.90 Å². The summed E-state index contributed by atoms with van der Waals surface area (Å²) in [5.41, 5.74) is 2.72. The minimum Gasteiger partial charge on any atom is -0.481 e. The zero-order valence-corrected chi connectivity index (χ0v) is 11.7. The molecule has 4 heteroatoms. The first-order chi connectivity index (χ1) is 8.75. The summed E-state index contributed by atoms with van der Waals surface area (Å²) in [6, 6.07) is 10.5. The van der Waals surface area contributed by atoms with Crippen LogP contribution in [0.25, 0.3) is 5.57 Å². The molecule has 0 radical (unpaired) electrons. The highest BCUT2D eigenvalue weighted by molar-refractivity contribution is 5.85. The van der Waals surface area contributed by atoms with Gasteiger partial charge in [0.25, 0.3) is 0 Å². The highest BCUT2D eigenvalue weighted by Crippen LogP contribution is 2.21. The summed E-state index contributed by atoms with van der Waals surface area (Å²) in [5.74, 6) is -0.701. The predicted molar refractivity (Wildman–Crippen MR) is 79.6 cm³/mol. The van der Waals surface area contributed by atoms with Gasteiger partial charge in [0.05, 0.1) is 0 Å². The number of halogens is 1. The summed E-state index contributed by atoms with van der Waals surface area (Å²) >= 11 is 0. The Balaban J connectivity index is 0.00000180. The van der Waals surface area contributed by atoms with Gasteiger partial charge < -0.3 is 5.11 Å². The molecule has 0 bridgehead atoms. The minimum absolute atomic E-state index is 0. The molecule has 1 heterocycles. The Morgan fingerprint density at radius 3 is 2.58 bits per heavy atom. The largest absolute Gasteiger partial charge is 0.481 e. The van der Waals surface area contributed by atoms with Crippen LogP contribution in [0.2, 0.25) is 0 Å². The van der Waals surface area contributed by atoms with E-state index in [1.165, 1.54) is 11.1 Å². The topological polar surface area (TPSA) is 40.5 Å². The molecular formula is C15H20ClNO2. The Morgan fingerprint density at radius 1 is 1.26 bits per heavy atom. The maximum Gasteiger partial charge on any atom is 0.303 e. The van der Waals surface area contributed by atoms with Gasteiger partial charge in [-0.25, -0.2) is 0 Å². The van der Waals surface area contributed by atoms with Crippen LogP contribution in [0.4, 0.5) is 0 Å². The number of aliphatic carboxylic acids is 1. The van der Waals surface area contributed by atoms with E-state index in [9.17, 15) is 4.79 Å². The van der Waals surface area contributed by atoms with Crippen molar-refractivity contribution in [3.8, 4) is 0 Å². The predicted octanol–water partition coefficient (Wildman–Crippen LogP) is 3.06. The first kappa shape index (κ1) is 15.7. The number of hydrogen-bond acceptors (Lipinski definition) is 2. The van der Waals surface area contributed by atoms with E-state index >= 15 is 0 Å². The van der Waals surface area contributed by atoms with Crippen LogP contribution >= 0.6 is 12.4 Å². The maximum atomic E-state index is 10.4. The Kier molecular flexibility index (Phi) is 6.60. The minimum atomic E-state index is -0.701. The molecule has 104 valence electrons. The molecule has 1 aliphatic rings. The molecule has 2 rings (SSSR count). The Bertz CT molecular complexity index is 431. The van der Waals surface area contributed by atoms with E-state index in [0.29, 0.717) is 0 Å². The normalized spacial score (nSPS) is 15.5. The van der Waals surface area contributed by atoms with Crippen molar-refractivity contribution in [1.29, 1.82) is 0 Å². The van der Waals surface area contributed by atoms with E-state index in [1.54, 1.807) is 0 Å². The summed E-state index contributed by atoms with van der Waals surface area (Å²) < 4.78 is 0. The monoisotopic (exact) mass is 281 g/mol. The van der Waals surface area contributed by atoms with Gasteiger partial charge in [-0.2, -0.15) is 0 Å². The van der Waals surface area contributed by atoms with Gasteiger partial charge >= 0.3 is 5.97 Å². The summed E-state index contributed by atoms with van der Waals surface area (Å²) in [6.07, 6.45) is 4.33. The molecule has 0 spiro atoms. The van der Waals surface area contributed by atoms with Crippen molar-refractivity contribution in [2.24, 2.45) is 0 Å². The fraction of sp³-hybridized carbons (Fsp3) is 0.400. The first-order valence-electron chi connectivity index (χ1n) is 6.44. The second-order valence-electron chi connectivity index (χ2n) is 4.64. The molecule has 3 nitrogen and oxygen atoms in total. The number of hydrogen-bond donors (Lipinski definition) is 1. The lowest BCUT2D eigenvalue weighted by Gasteiger charge is -2.26. The lowest BCUT2D eigenvalue weighted by molar-refractivity contribution is -0.137. The van der Waals surface area contributed by atoms with E-state index in [1.807, 2.05) is 6.07 Å². The molecule has 0 amide bonds. The molecule has 1 aromatic rings. The van der Waals surface area contributed by atoms with E-state index in [0.717, 1.165) is 32.5 Å². The van der Waals surface area contributed by atoms with E-state index in [2.05, 4.69) is 35.2 Å². The summed E-state index contributed by atoms with van der Waals surface area (Å²) in [4.78, 5) is 12.8. The van der Waals surface area contributed by atoms with Crippen LogP contribution in [0, 0.1) is 0 Å². The standard InChI is InChI=1S/C15H19NO2.ClH/c17-15(18)7-4-10-16-11-8-14(9-12-16)13-5-2-1-3-6-13;/h1-3,5-6,8H,4,7,9-12H2,(H,17,18);1H. The summed E-state index contributed by atoms with van der Waals surface area (Å²) in [6.45, 7) is 2.84. The Labute approximate surface area is 120 Å². The van der Waals surface area contributed by atoms with Gasteiger partial charge in [-0.05, 0) is 30.5 Å². The van der Waals surface area contributed by atoms with Gasteiger partial charge in [0.1, 0.15) is 0 Å². The molecule has 1 aromatic carbocycles.